The number of hydrogen-bond donors (Lipinski definition) is 1. The highest BCUT2D eigenvalue weighted by Gasteiger charge is 2.16. The third-order valence-corrected chi connectivity index (χ3v) is 0.246. The second kappa shape index (κ2) is 1.34. The van der Waals surface area contributed by atoms with E-state index in [-0.39, 0.29) is 6.08 Å². The van der Waals surface area contributed by atoms with Gasteiger partial charge in [0.05, 0.1) is 0 Å². The Bertz CT molecular complexity index is 54.3. The summed E-state index contributed by atoms with van der Waals surface area (Å²) < 4.78 is 21.8. The molecule has 0 amide bonds. The second-order valence-electron chi connectivity index (χ2n) is 0.792. The maximum Gasteiger partial charge on any atom is 0.373 e. The third-order valence-electron chi connectivity index (χ3n) is 0.246. The summed E-state index contributed by atoms with van der Waals surface area (Å²) in [5, 5.41) is 7.38. The summed E-state index contributed by atoms with van der Waals surface area (Å²) in [6.07, 6.45) is -3.53. The van der Waals surface area contributed by atoms with E-state index in [4.69, 9.17) is 5.11 Å². The van der Waals surface area contributed by atoms with Crippen LogP contribution in [0.2, 0.25) is 0 Å². The lowest BCUT2D eigenvalue weighted by Crippen LogP contribution is -2.07. The molecule has 0 unspecified atom stereocenters. The van der Waals surface area contributed by atoms with Crippen molar-refractivity contribution in [3.63, 3.8) is 0 Å². The van der Waals surface area contributed by atoms with Crippen molar-refractivity contribution in [2.45, 2.75) is 6.11 Å². The first kappa shape index (κ1) is 5.56. The molecular weight excluding hydrogens is 90.0 g/mol. The minimum absolute atomic E-state index is 0.160. The summed E-state index contributed by atoms with van der Waals surface area (Å²) in [5.41, 5.74) is 0. The van der Waals surface area contributed by atoms with Gasteiger partial charge in [0.25, 0.3) is 0 Å². The monoisotopic (exact) mass is 94.0 g/mol. The van der Waals surface area contributed by atoms with E-state index in [1.54, 1.807) is 0 Å². The normalized spacial score (nSPS) is 11.2. The molecule has 0 radical (unpaired) electrons. The quantitative estimate of drug-likeness (QED) is 0.475. The largest absolute Gasteiger partial charge is 0.373 e. The topological polar surface area (TPSA) is 20.2 Å². The fourth-order valence-corrected chi connectivity index (χ4v) is 0. The van der Waals surface area contributed by atoms with E-state index in [0.717, 1.165) is 0 Å². The Hall–Kier alpha value is -0.440. The van der Waals surface area contributed by atoms with Gasteiger partial charge in [-0.15, -0.1) is 0 Å². The predicted molar refractivity (Wildman–Crippen MR) is 17.4 cm³/mol. The molecule has 0 fully saturated rings. The van der Waals surface area contributed by atoms with Crippen molar-refractivity contribution in [1.82, 2.24) is 0 Å². The van der Waals surface area contributed by atoms with Crippen molar-refractivity contribution in [3.8, 4) is 0 Å². The van der Waals surface area contributed by atoms with Crippen molar-refractivity contribution < 1.29 is 13.9 Å². The van der Waals surface area contributed by atoms with Gasteiger partial charge in [-0.1, -0.05) is 6.58 Å². The van der Waals surface area contributed by atoms with Gasteiger partial charge in [0.2, 0.25) is 0 Å². The molecule has 0 aromatic rings. The van der Waals surface area contributed by atoms with Gasteiger partial charge >= 0.3 is 6.11 Å². The fraction of sp³-hybridized carbons (Fsp3) is 0.333. The molecule has 0 aliphatic heterocycles. The molecular formula is C3H4F2O. The molecule has 0 atom stereocenters. The molecule has 3 heteroatoms. The zero-order valence-electron chi connectivity index (χ0n) is 2.99. The van der Waals surface area contributed by atoms with Crippen molar-refractivity contribution in [2.75, 3.05) is 0 Å². The van der Waals surface area contributed by atoms with Crippen molar-refractivity contribution in [2.24, 2.45) is 0 Å². The Kier molecular flexibility index (Phi) is 1.24. The van der Waals surface area contributed by atoms with E-state index in [2.05, 4.69) is 6.58 Å². The summed E-state index contributed by atoms with van der Waals surface area (Å²) in [7, 11) is 0. The van der Waals surface area contributed by atoms with Gasteiger partial charge in [-0.05, 0) is 0 Å². The predicted octanol–water partition coefficient (Wildman–Crippen LogP) is 0.757. The first-order chi connectivity index (χ1) is 2.56. The Morgan fingerprint density at radius 1 is 1.67 bits per heavy atom. The van der Waals surface area contributed by atoms with Crippen molar-refractivity contribution >= 4 is 0 Å². The van der Waals surface area contributed by atoms with E-state index >= 15 is 0 Å². The highest BCUT2D eigenvalue weighted by molar-refractivity contribution is 4.75. The van der Waals surface area contributed by atoms with Crippen LogP contribution in [0.4, 0.5) is 8.78 Å². The van der Waals surface area contributed by atoms with Crippen LogP contribution in [0.5, 0.6) is 0 Å². The molecule has 0 aliphatic rings. The minimum Gasteiger partial charge on any atom is -0.333 e. The summed E-state index contributed by atoms with van der Waals surface area (Å²) in [6.45, 7) is 2.63. The first-order valence-corrected chi connectivity index (χ1v) is 1.30. The highest BCUT2D eigenvalue weighted by Crippen LogP contribution is 2.06. The molecule has 0 bridgehead atoms. The van der Waals surface area contributed by atoms with Crippen LogP contribution in [0.1, 0.15) is 0 Å². The number of alkyl halides is 2. The first-order valence-electron chi connectivity index (χ1n) is 1.30. The molecule has 0 spiro atoms. The molecule has 0 saturated carbocycles. The standard InChI is InChI=1S/C3H4F2O/c1-2-3(4,5)6/h2,6H,1H2. The van der Waals surface area contributed by atoms with E-state index < -0.39 is 6.11 Å². The number of rotatable bonds is 1. The summed E-state index contributed by atoms with van der Waals surface area (Å²) in [5.74, 6) is 0. The molecule has 0 heterocycles. The lowest BCUT2D eigenvalue weighted by atomic mass is 10.6. The Labute approximate surface area is 33.9 Å². The van der Waals surface area contributed by atoms with Gasteiger partial charge < -0.3 is 5.11 Å². The van der Waals surface area contributed by atoms with E-state index in [9.17, 15) is 8.78 Å². The number of hydrogen-bond acceptors (Lipinski definition) is 1. The molecule has 0 rings (SSSR count). The summed E-state index contributed by atoms with van der Waals surface area (Å²) in [4.78, 5) is 0. The van der Waals surface area contributed by atoms with Gasteiger partial charge in [0, 0.05) is 6.08 Å². The van der Waals surface area contributed by atoms with Crippen LogP contribution in [0.3, 0.4) is 0 Å². The average Bonchev–Trinajstić information content (AvgIpc) is 1.35. The molecule has 6 heavy (non-hydrogen) atoms. The van der Waals surface area contributed by atoms with Crippen molar-refractivity contribution in [3.05, 3.63) is 12.7 Å². The second-order valence-corrected chi connectivity index (χ2v) is 0.792. The number of aliphatic hydroxyl groups is 1. The van der Waals surface area contributed by atoms with Crippen LogP contribution in [0.15, 0.2) is 12.7 Å². The van der Waals surface area contributed by atoms with Gasteiger partial charge in [0.1, 0.15) is 0 Å². The third kappa shape index (κ3) is 3.56. The molecule has 0 aliphatic carbocycles. The van der Waals surface area contributed by atoms with Gasteiger partial charge in [-0.25, -0.2) is 0 Å². The van der Waals surface area contributed by atoms with E-state index in [0.29, 0.717) is 0 Å². The SMILES string of the molecule is C=CC(O)(F)F. The van der Waals surface area contributed by atoms with Crippen LogP contribution >= 0.6 is 0 Å². The van der Waals surface area contributed by atoms with Gasteiger partial charge in [-0.2, -0.15) is 8.78 Å². The van der Waals surface area contributed by atoms with Crippen LogP contribution in [-0.2, 0) is 0 Å². The molecule has 1 nitrogen and oxygen atoms in total. The fourth-order valence-electron chi connectivity index (χ4n) is 0. The summed E-state index contributed by atoms with van der Waals surface area (Å²) in [6, 6.07) is 0. The highest BCUT2D eigenvalue weighted by atomic mass is 19.3. The van der Waals surface area contributed by atoms with Crippen molar-refractivity contribution in [1.29, 1.82) is 0 Å². The molecule has 1 N–H and O–H groups in total. The molecule has 0 aromatic carbocycles. The molecule has 0 aromatic heterocycles. The van der Waals surface area contributed by atoms with E-state index in [1.807, 2.05) is 0 Å². The maximum absolute atomic E-state index is 10.9. The van der Waals surface area contributed by atoms with Crippen LogP contribution in [0.25, 0.3) is 0 Å². The minimum atomic E-state index is -3.69. The lowest BCUT2D eigenvalue weighted by molar-refractivity contribution is -0.154. The van der Waals surface area contributed by atoms with E-state index in [1.165, 1.54) is 0 Å². The van der Waals surface area contributed by atoms with Crippen LogP contribution in [0, 0.1) is 0 Å². The zero-order valence-corrected chi connectivity index (χ0v) is 2.99. The maximum atomic E-state index is 10.9. The molecule has 0 saturated heterocycles. The Morgan fingerprint density at radius 2 is 1.83 bits per heavy atom. The summed E-state index contributed by atoms with van der Waals surface area (Å²) >= 11 is 0. The average molecular weight is 94.1 g/mol. The van der Waals surface area contributed by atoms with Crippen LogP contribution in [-0.4, -0.2) is 11.2 Å². The smallest absolute Gasteiger partial charge is 0.333 e. The zero-order chi connectivity index (χ0) is 5.21. The molecule has 36 valence electrons. The Morgan fingerprint density at radius 3 is 1.83 bits per heavy atom. The lowest BCUT2D eigenvalue weighted by Gasteiger charge is -1.95. The van der Waals surface area contributed by atoms with Gasteiger partial charge in [0.15, 0.2) is 0 Å². The van der Waals surface area contributed by atoms with Crippen LogP contribution < -0.4 is 0 Å². The van der Waals surface area contributed by atoms with Gasteiger partial charge in [-0.3, -0.25) is 0 Å². The Balaban J connectivity index is 3.45. The number of halogens is 2.